The Kier molecular flexibility index (Phi) is 4.04. The van der Waals surface area contributed by atoms with Gasteiger partial charge in [0.15, 0.2) is 0 Å². The second-order valence-electron chi connectivity index (χ2n) is 2.90. The minimum Gasteiger partial charge on any atom is -0.394 e. The third-order valence-corrected chi connectivity index (χ3v) is 1.73. The predicted octanol–water partition coefficient (Wildman–Crippen LogP) is -0.479. The first-order valence-electron chi connectivity index (χ1n) is 4.31. The number of nitrogens with one attached hydrogen (secondary N) is 1. The number of amides is 1. The lowest BCUT2D eigenvalue weighted by Crippen LogP contribution is -2.28. The lowest BCUT2D eigenvalue weighted by atomic mass is 10.4. The molecule has 0 unspecified atom stereocenters. The normalized spacial score (nSPS) is 16.1. The fraction of sp³-hybridized carbons (Fsp3) is 0.875. The number of carbonyl (C=O) groups is 1. The standard InChI is InChI=1S/C8H15NO3/c10-4-6-12-5-3-9-8(11)7-1-2-7/h7,10H,1-6H2,(H,9,11). The van der Waals surface area contributed by atoms with Gasteiger partial charge in [0.25, 0.3) is 0 Å². The largest absolute Gasteiger partial charge is 0.394 e. The van der Waals surface area contributed by atoms with E-state index in [9.17, 15) is 4.79 Å². The molecule has 4 heteroatoms. The Morgan fingerprint density at radius 2 is 2.25 bits per heavy atom. The van der Waals surface area contributed by atoms with Crippen molar-refractivity contribution in [1.82, 2.24) is 5.32 Å². The van der Waals surface area contributed by atoms with Crippen molar-refractivity contribution in [3.63, 3.8) is 0 Å². The lowest BCUT2D eigenvalue weighted by Gasteiger charge is -2.03. The van der Waals surface area contributed by atoms with Gasteiger partial charge in [-0.15, -0.1) is 0 Å². The van der Waals surface area contributed by atoms with E-state index < -0.39 is 0 Å². The molecule has 0 bridgehead atoms. The highest BCUT2D eigenvalue weighted by molar-refractivity contribution is 5.80. The molecule has 0 saturated heterocycles. The molecular weight excluding hydrogens is 158 g/mol. The van der Waals surface area contributed by atoms with Gasteiger partial charge in [-0.1, -0.05) is 0 Å². The first-order valence-corrected chi connectivity index (χ1v) is 4.31. The molecule has 70 valence electrons. The van der Waals surface area contributed by atoms with Crippen molar-refractivity contribution in [3.8, 4) is 0 Å². The minimum absolute atomic E-state index is 0.0383. The van der Waals surface area contributed by atoms with Crippen molar-refractivity contribution in [2.45, 2.75) is 12.8 Å². The number of aliphatic hydroxyl groups excluding tert-OH is 1. The van der Waals surface area contributed by atoms with Crippen LogP contribution < -0.4 is 5.32 Å². The van der Waals surface area contributed by atoms with Crippen molar-refractivity contribution < 1.29 is 14.6 Å². The summed E-state index contributed by atoms with van der Waals surface area (Å²) in [4.78, 5) is 11.0. The fourth-order valence-corrected chi connectivity index (χ4v) is 0.903. The molecule has 2 N–H and O–H groups in total. The molecule has 4 nitrogen and oxygen atoms in total. The number of hydrogen-bond acceptors (Lipinski definition) is 3. The molecule has 1 saturated carbocycles. The Morgan fingerprint density at radius 3 is 2.83 bits per heavy atom. The molecule has 1 aliphatic carbocycles. The van der Waals surface area contributed by atoms with E-state index in [1.54, 1.807) is 0 Å². The highest BCUT2D eigenvalue weighted by Crippen LogP contribution is 2.28. The fourth-order valence-electron chi connectivity index (χ4n) is 0.903. The van der Waals surface area contributed by atoms with Crippen LogP contribution in [0.2, 0.25) is 0 Å². The molecule has 1 fully saturated rings. The Balaban J connectivity index is 1.84. The smallest absolute Gasteiger partial charge is 0.223 e. The molecule has 0 radical (unpaired) electrons. The van der Waals surface area contributed by atoms with Gasteiger partial charge in [-0.25, -0.2) is 0 Å². The molecule has 0 aliphatic heterocycles. The molecule has 0 aromatic carbocycles. The molecule has 0 spiro atoms. The second kappa shape index (κ2) is 5.11. The summed E-state index contributed by atoms with van der Waals surface area (Å²) in [6.45, 7) is 1.42. The van der Waals surface area contributed by atoms with Gasteiger partial charge in [0, 0.05) is 12.5 Å². The van der Waals surface area contributed by atoms with E-state index in [0.717, 1.165) is 12.8 Å². The van der Waals surface area contributed by atoms with Gasteiger partial charge in [0.1, 0.15) is 0 Å². The van der Waals surface area contributed by atoms with Crippen LogP contribution in [0.1, 0.15) is 12.8 Å². The molecule has 0 aromatic rings. The zero-order valence-electron chi connectivity index (χ0n) is 7.08. The molecular formula is C8H15NO3. The van der Waals surface area contributed by atoms with Crippen LogP contribution in [0.4, 0.5) is 0 Å². The van der Waals surface area contributed by atoms with Crippen LogP contribution in [-0.4, -0.2) is 37.4 Å². The van der Waals surface area contributed by atoms with E-state index in [2.05, 4.69) is 5.32 Å². The Labute approximate surface area is 71.9 Å². The van der Waals surface area contributed by atoms with Crippen LogP contribution in [0, 0.1) is 5.92 Å². The van der Waals surface area contributed by atoms with Crippen LogP contribution in [0.3, 0.4) is 0 Å². The predicted molar refractivity (Wildman–Crippen MR) is 43.6 cm³/mol. The summed E-state index contributed by atoms with van der Waals surface area (Å²) in [5.74, 6) is 0.408. The third kappa shape index (κ3) is 3.69. The van der Waals surface area contributed by atoms with Crippen LogP contribution in [0.25, 0.3) is 0 Å². The highest BCUT2D eigenvalue weighted by atomic mass is 16.5. The van der Waals surface area contributed by atoms with Crippen molar-refractivity contribution >= 4 is 5.91 Å². The van der Waals surface area contributed by atoms with E-state index in [4.69, 9.17) is 9.84 Å². The summed E-state index contributed by atoms with van der Waals surface area (Å²) in [6.07, 6.45) is 2.06. The SMILES string of the molecule is O=C(NCCOCCO)C1CC1. The number of aliphatic hydroxyl groups is 1. The molecule has 0 aromatic heterocycles. The van der Waals surface area contributed by atoms with Crippen molar-refractivity contribution in [2.24, 2.45) is 5.92 Å². The Bertz CT molecular complexity index is 145. The Hall–Kier alpha value is -0.610. The van der Waals surface area contributed by atoms with Gasteiger partial charge in [0.2, 0.25) is 5.91 Å². The summed E-state index contributed by atoms with van der Waals surface area (Å²) < 4.78 is 4.97. The van der Waals surface area contributed by atoms with Crippen LogP contribution >= 0.6 is 0 Å². The number of hydrogen-bond donors (Lipinski definition) is 2. The molecule has 1 amide bonds. The number of ether oxygens (including phenoxy) is 1. The quantitative estimate of drug-likeness (QED) is 0.533. The van der Waals surface area contributed by atoms with E-state index in [0.29, 0.717) is 19.8 Å². The maximum Gasteiger partial charge on any atom is 0.223 e. The average molecular weight is 173 g/mol. The van der Waals surface area contributed by atoms with E-state index in [1.165, 1.54) is 0 Å². The molecule has 0 heterocycles. The minimum atomic E-state index is 0.0383. The monoisotopic (exact) mass is 173 g/mol. The lowest BCUT2D eigenvalue weighted by molar-refractivity contribution is -0.122. The first kappa shape index (κ1) is 9.48. The second-order valence-corrected chi connectivity index (χ2v) is 2.90. The topological polar surface area (TPSA) is 58.6 Å². The van der Waals surface area contributed by atoms with Crippen LogP contribution in [0.5, 0.6) is 0 Å². The van der Waals surface area contributed by atoms with Gasteiger partial charge in [-0.2, -0.15) is 0 Å². The first-order chi connectivity index (χ1) is 5.84. The zero-order chi connectivity index (χ0) is 8.81. The van der Waals surface area contributed by atoms with Gasteiger partial charge in [-0.05, 0) is 12.8 Å². The summed E-state index contributed by atoms with van der Waals surface area (Å²) >= 11 is 0. The summed E-state index contributed by atoms with van der Waals surface area (Å²) in [5.41, 5.74) is 0. The molecule has 1 rings (SSSR count). The Morgan fingerprint density at radius 1 is 1.50 bits per heavy atom. The molecule has 1 aliphatic rings. The van der Waals surface area contributed by atoms with Gasteiger partial charge in [-0.3, -0.25) is 4.79 Å². The number of rotatable bonds is 6. The third-order valence-electron chi connectivity index (χ3n) is 1.73. The van der Waals surface area contributed by atoms with Crippen molar-refractivity contribution in [1.29, 1.82) is 0 Å². The van der Waals surface area contributed by atoms with Crippen LogP contribution in [-0.2, 0) is 9.53 Å². The molecule has 12 heavy (non-hydrogen) atoms. The van der Waals surface area contributed by atoms with E-state index >= 15 is 0 Å². The van der Waals surface area contributed by atoms with E-state index in [1.807, 2.05) is 0 Å². The maximum absolute atomic E-state index is 11.0. The number of carbonyl (C=O) groups excluding carboxylic acids is 1. The van der Waals surface area contributed by atoms with E-state index in [-0.39, 0.29) is 18.4 Å². The van der Waals surface area contributed by atoms with Crippen LogP contribution in [0.15, 0.2) is 0 Å². The maximum atomic E-state index is 11.0. The molecule has 0 atom stereocenters. The van der Waals surface area contributed by atoms with Gasteiger partial charge >= 0.3 is 0 Å². The average Bonchev–Trinajstić information content (AvgIpc) is 2.86. The van der Waals surface area contributed by atoms with Crippen molar-refractivity contribution in [3.05, 3.63) is 0 Å². The summed E-state index contributed by atoms with van der Waals surface area (Å²) in [7, 11) is 0. The highest BCUT2D eigenvalue weighted by Gasteiger charge is 2.28. The zero-order valence-corrected chi connectivity index (χ0v) is 7.08. The van der Waals surface area contributed by atoms with Gasteiger partial charge in [0.05, 0.1) is 19.8 Å². The summed E-state index contributed by atoms with van der Waals surface area (Å²) in [5, 5.41) is 11.1. The van der Waals surface area contributed by atoms with Crippen molar-refractivity contribution in [2.75, 3.05) is 26.4 Å². The van der Waals surface area contributed by atoms with Gasteiger partial charge < -0.3 is 15.2 Å². The summed E-state index contributed by atoms with van der Waals surface area (Å²) in [6, 6.07) is 0.